The SMILES string of the molecule is Cn1ncc(N2CCCC(C(=O)NC3CCCCC3)C2)cc1=O. The standard InChI is InChI=1S/C17H26N4O2/c1-20-16(22)10-15(11-18-20)21-9-5-6-13(12-21)17(23)19-14-7-3-2-4-8-14/h10-11,13-14H,2-9,12H2,1H3,(H,19,23). The van der Waals surface area contributed by atoms with E-state index >= 15 is 0 Å². The number of nitrogens with zero attached hydrogens (tertiary/aromatic N) is 3. The van der Waals surface area contributed by atoms with Gasteiger partial charge >= 0.3 is 0 Å². The lowest BCUT2D eigenvalue weighted by atomic mass is 9.93. The molecule has 1 aromatic rings. The number of rotatable bonds is 3. The van der Waals surface area contributed by atoms with Crippen LogP contribution in [0.15, 0.2) is 17.1 Å². The van der Waals surface area contributed by atoms with Crippen LogP contribution in [0.25, 0.3) is 0 Å². The molecule has 23 heavy (non-hydrogen) atoms. The number of aromatic nitrogens is 2. The normalized spacial score (nSPS) is 22.8. The molecule has 1 atom stereocenters. The highest BCUT2D eigenvalue weighted by atomic mass is 16.2. The van der Waals surface area contributed by atoms with Gasteiger partial charge in [-0.15, -0.1) is 0 Å². The Bertz CT molecular complexity index is 607. The Morgan fingerprint density at radius 1 is 1.22 bits per heavy atom. The summed E-state index contributed by atoms with van der Waals surface area (Å²) in [6, 6.07) is 1.96. The van der Waals surface area contributed by atoms with Crippen molar-refractivity contribution in [1.82, 2.24) is 15.1 Å². The molecule has 0 spiro atoms. The molecule has 1 aliphatic carbocycles. The molecule has 0 aromatic carbocycles. The molecule has 0 bridgehead atoms. The molecule has 126 valence electrons. The third-order valence-corrected chi connectivity index (χ3v) is 5.06. The molecule has 2 fully saturated rings. The molecule has 1 saturated carbocycles. The third kappa shape index (κ3) is 3.92. The number of hydrogen-bond acceptors (Lipinski definition) is 4. The maximum Gasteiger partial charge on any atom is 0.268 e. The Morgan fingerprint density at radius 2 is 2.00 bits per heavy atom. The molecule has 6 heteroatoms. The summed E-state index contributed by atoms with van der Waals surface area (Å²) in [4.78, 5) is 26.4. The summed E-state index contributed by atoms with van der Waals surface area (Å²) in [6.07, 6.45) is 9.57. The number of aryl methyl sites for hydroxylation is 1. The van der Waals surface area contributed by atoms with Crippen molar-refractivity contribution >= 4 is 11.6 Å². The minimum Gasteiger partial charge on any atom is -0.369 e. The second kappa shape index (κ2) is 7.15. The third-order valence-electron chi connectivity index (χ3n) is 5.06. The van der Waals surface area contributed by atoms with Gasteiger partial charge in [-0.05, 0) is 25.7 Å². The molecule has 1 aliphatic heterocycles. The van der Waals surface area contributed by atoms with Crippen molar-refractivity contribution in [2.45, 2.75) is 51.0 Å². The predicted molar refractivity (Wildman–Crippen MR) is 89.4 cm³/mol. The quantitative estimate of drug-likeness (QED) is 0.916. The fourth-order valence-electron chi connectivity index (χ4n) is 3.62. The van der Waals surface area contributed by atoms with Gasteiger partial charge < -0.3 is 10.2 Å². The van der Waals surface area contributed by atoms with Gasteiger partial charge in [0.15, 0.2) is 0 Å². The zero-order valence-electron chi connectivity index (χ0n) is 13.8. The number of hydrogen-bond donors (Lipinski definition) is 1. The van der Waals surface area contributed by atoms with Gasteiger partial charge in [0.1, 0.15) is 0 Å². The van der Waals surface area contributed by atoms with Crippen LogP contribution in [-0.4, -0.2) is 34.8 Å². The monoisotopic (exact) mass is 318 g/mol. The fourth-order valence-corrected chi connectivity index (χ4v) is 3.62. The first-order chi connectivity index (χ1) is 11.1. The summed E-state index contributed by atoms with van der Waals surface area (Å²) in [6.45, 7) is 1.55. The lowest BCUT2D eigenvalue weighted by Crippen LogP contribution is -2.46. The molecular formula is C17H26N4O2. The summed E-state index contributed by atoms with van der Waals surface area (Å²) >= 11 is 0. The summed E-state index contributed by atoms with van der Waals surface area (Å²) in [5.41, 5.74) is 0.708. The van der Waals surface area contributed by atoms with E-state index in [9.17, 15) is 9.59 Å². The Labute approximate surface area is 136 Å². The van der Waals surface area contributed by atoms with E-state index in [4.69, 9.17) is 0 Å². The first-order valence-electron chi connectivity index (χ1n) is 8.72. The predicted octanol–water partition coefficient (Wildman–Crippen LogP) is 1.45. The topological polar surface area (TPSA) is 67.2 Å². The number of nitrogens with one attached hydrogen (secondary N) is 1. The van der Waals surface area contributed by atoms with E-state index in [2.05, 4.69) is 15.3 Å². The maximum atomic E-state index is 12.5. The van der Waals surface area contributed by atoms with Crippen LogP contribution in [0.5, 0.6) is 0 Å². The molecular weight excluding hydrogens is 292 g/mol. The Morgan fingerprint density at radius 3 is 2.74 bits per heavy atom. The largest absolute Gasteiger partial charge is 0.369 e. The van der Waals surface area contributed by atoms with Crippen molar-refractivity contribution in [3.63, 3.8) is 0 Å². The maximum absolute atomic E-state index is 12.5. The number of anilines is 1. The van der Waals surface area contributed by atoms with Gasteiger partial charge in [-0.1, -0.05) is 19.3 Å². The number of amides is 1. The van der Waals surface area contributed by atoms with Crippen LogP contribution in [0.2, 0.25) is 0 Å². The summed E-state index contributed by atoms with van der Waals surface area (Å²) in [7, 11) is 1.64. The molecule has 2 aliphatic rings. The van der Waals surface area contributed by atoms with Gasteiger partial charge in [-0.2, -0.15) is 5.10 Å². The highest BCUT2D eigenvalue weighted by Crippen LogP contribution is 2.23. The molecule has 0 radical (unpaired) electrons. The molecule has 2 heterocycles. The summed E-state index contributed by atoms with van der Waals surface area (Å²) in [5, 5.41) is 7.31. The first-order valence-corrected chi connectivity index (χ1v) is 8.72. The van der Waals surface area contributed by atoms with Crippen molar-refractivity contribution in [2.75, 3.05) is 18.0 Å². The van der Waals surface area contributed by atoms with E-state index < -0.39 is 0 Å². The lowest BCUT2D eigenvalue weighted by Gasteiger charge is -2.34. The summed E-state index contributed by atoms with van der Waals surface area (Å²) in [5.74, 6) is 0.188. The zero-order chi connectivity index (χ0) is 16.2. The zero-order valence-corrected chi connectivity index (χ0v) is 13.8. The van der Waals surface area contributed by atoms with E-state index in [1.165, 1.54) is 23.9 Å². The van der Waals surface area contributed by atoms with E-state index in [0.29, 0.717) is 12.6 Å². The second-order valence-corrected chi connectivity index (χ2v) is 6.80. The average Bonchev–Trinajstić information content (AvgIpc) is 2.58. The number of carbonyl (C=O) groups is 1. The van der Waals surface area contributed by atoms with Crippen molar-refractivity contribution in [1.29, 1.82) is 0 Å². The Hall–Kier alpha value is -1.85. The minimum absolute atomic E-state index is 0.00901. The number of carbonyl (C=O) groups excluding carboxylic acids is 1. The minimum atomic E-state index is -0.115. The lowest BCUT2D eigenvalue weighted by molar-refractivity contribution is -0.126. The van der Waals surface area contributed by atoms with Crippen LogP contribution in [0.3, 0.4) is 0 Å². The fraction of sp³-hybridized carbons (Fsp3) is 0.706. The smallest absolute Gasteiger partial charge is 0.268 e. The molecule has 1 aromatic heterocycles. The van der Waals surface area contributed by atoms with Crippen LogP contribution in [0.4, 0.5) is 5.69 Å². The highest BCUT2D eigenvalue weighted by Gasteiger charge is 2.28. The second-order valence-electron chi connectivity index (χ2n) is 6.80. The van der Waals surface area contributed by atoms with Gasteiger partial charge in [0.25, 0.3) is 5.56 Å². The first kappa shape index (κ1) is 16.0. The van der Waals surface area contributed by atoms with Crippen molar-refractivity contribution in [3.05, 3.63) is 22.6 Å². The van der Waals surface area contributed by atoms with Gasteiger partial charge in [-0.3, -0.25) is 9.59 Å². The molecule has 1 saturated heterocycles. The van der Waals surface area contributed by atoms with Gasteiger partial charge in [0, 0.05) is 32.2 Å². The van der Waals surface area contributed by atoms with Crippen molar-refractivity contribution < 1.29 is 4.79 Å². The van der Waals surface area contributed by atoms with Gasteiger partial charge in [0.05, 0.1) is 17.8 Å². The van der Waals surface area contributed by atoms with Crippen LogP contribution in [0.1, 0.15) is 44.9 Å². The van der Waals surface area contributed by atoms with Crippen LogP contribution >= 0.6 is 0 Å². The van der Waals surface area contributed by atoms with E-state index in [0.717, 1.165) is 37.9 Å². The van der Waals surface area contributed by atoms with Crippen LogP contribution < -0.4 is 15.8 Å². The van der Waals surface area contributed by atoms with Crippen molar-refractivity contribution in [3.8, 4) is 0 Å². The molecule has 1 N–H and O–H groups in total. The van der Waals surface area contributed by atoms with Gasteiger partial charge in [0.2, 0.25) is 5.91 Å². The Balaban J connectivity index is 1.61. The number of piperidine rings is 1. The van der Waals surface area contributed by atoms with E-state index in [1.807, 2.05) is 0 Å². The van der Waals surface area contributed by atoms with Crippen LogP contribution in [0, 0.1) is 5.92 Å². The molecule has 1 unspecified atom stereocenters. The summed E-state index contributed by atoms with van der Waals surface area (Å²) < 4.78 is 1.32. The molecule has 6 nitrogen and oxygen atoms in total. The van der Waals surface area contributed by atoms with Crippen molar-refractivity contribution in [2.24, 2.45) is 13.0 Å². The van der Waals surface area contributed by atoms with Gasteiger partial charge in [-0.25, -0.2) is 4.68 Å². The van der Waals surface area contributed by atoms with E-state index in [1.54, 1.807) is 19.3 Å². The average molecular weight is 318 g/mol. The van der Waals surface area contributed by atoms with Crippen LogP contribution in [-0.2, 0) is 11.8 Å². The highest BCUT2D eigenvalue weighted by molar-refractivity contribution is 5.80. The van der Waals surface area contributed by atoms with E-state index in [-0.39, 0.29) is 17.4 Å². The Kier molecular flexibility index (Phi) is 4.98. The molecule has 1 amide bonds. The molecule has 3 rings (SSSR count).